The smallest absolute Gasteiger partial charge is 0.318 e. The number of benzene rings is 1. The van der Waals surface area contributed by atoms with Gasteiger partial charge in [0.2, 0.25) is 6.79 Å². The van der Waals surface area contributed by atoms with Crippen molar-refractivity contribution in [2.24, 2.45) is 0 Å². The van der Waals surface area contributed by atoms with Crippen molar-refractivity contribution >= 4 is 6.03 Å². The van der Waals surface area contributed by atoms with Crippen LogP contribution in [-0.4, -0.2) is 30.8 Å². The second-order valence-corrected chi connectivity index (χ2v) is 4.60. The molecule has 96 valence electrons. The Morgan fingerprint density at radius 3 is 2.78 bits per heavy atom. The summed E-state index contributed by atoms with van der Waals surface area (Å²) in [6, 6.07) is 3.98. The molecule has 0 bridgehead atoms. The normalized spacial score (nSPS) is 21.3. The van der Waals surface area contributed by atoms with Gasteiger partial charge in [0.15, 0.2) is 11.5 Å². The summed E-state index contributed by atoms with van der Waals surface area (Å²) in [5.41, 5.74) is 2.21. The SMILES string of the molecule is CCN1CC(c2cc3c(cc2C)OCO3)NC1=O. The minimum absolute atomic E-state index is 0.000401. The van der Waals surface area contributed by atoms with Crippen molar-refractivity contribution in [1.82, 2.24) is 10.2 Å². The highest BCUT2D eigenvalue weighted by Crippen LogP contribution is 2.37. The van der Waals surface area contributed by atoms with E-state index in [4.69, 9.17) is 9.47 Å². The van der Waals surface area contributed by atoms with E-state index < -0.39 is 0 Å². The lowest BCUT2D eigenvalue weighted by Gasteiger charge is -2.14. The molecule has 3 rings (SSSR count). The van der Waals surface area contributed by atoms with Crippen LogP contribution in [0.15, 0.2) is 12.1 Å². The van der Waals surface area contributed by atoms with E-state index in [2.05, 4.69) is 5.32 Å². The van der Waals surface area contributed by atoms with Crippen LogP contribution in [-0.2, 0) is 0 Å². The maximum absolute atomic E-state index is 11.7. The zero-order chi connectivity index (χ0) is 12.7. The van der Waals surface area contributed by atoms with Gasteiger partial charge in [0.1, 0.15) is 0 Å². The molecule has 1 atom stereocenters. The van der Waals surface area contributed by atoms with E-state index in [1.54, 1.807) is 4.90 Å². The number of nitrogens with one attached hydrogen (secondary N) is 1. The Morgan fingerprint density at radius 2 is 2.11 bits per heavy atom. The van der Waals surface area contributed by atoms with Crippen LogP contribution in [0.1, 0.15) is 24.1 Å². The monoisotopic (exact) mass is 248 g/mol. The zero-order valence-corrected chi connectivity index (χ0v) is 10.5. The molecule has 5 nitrogen and oxygen atoms in total. The van der Waals surface area contributed by atoms with E-state index in [1.165, 1.54) is 0 Å². The standard InChI is InChI=1S/C13H16N2O3/c1-3-15-6-10(14-13(15)16)9-5-12-11(4-8(9)2)17-7-18-12/h4-5,10H,3,6-7H2,1-2H3,(H,14,16). The van der Waals surface area contributed by atoms with Gasteiger partial charge in [-0.15, -0.1) is 0 Å². The lowest BCUT2D eigenvalue weighted by atomic mass is 10.0. The Hall–Kier alpha value is -1.91. The fourth-order valence-corrected chi connectivity index (χ4v) is 2.47. The fourth-order valence-electron chi connectivity index (χ4n) is 2.47. The van der Waals surface area contributed by atoms with Gasteiger partial charge in [0, 0.05) is 13.1 Å². The molecule has 1 aromatic carbocycles. The maximum Gasteiger partial charge on any atom is 0.318 e. The topological polar surface area (TPSA) is 50.8 Å². The number of amides is 2. The van der Waals surface area contributed by atoms with Crippen molar-refractivity contribution in [2.75, 3.05) is 19.9 Å². The number of hydrogen-bond acceptors (Lipinski definition) is 3. The van der Waals surface area contributed by atoms with Crippen LogP contribution in [0.4, 0.5) is 4.79 Å². The lowest BCUT2D eigenvalue weighted by Crippen LogP contribution is -2.27. The predicted molar refractivity (Wildman–Crippen MR) is 65.8 cm³/mol. The molecular weight excluding hydrogens is 232 g/mol. The molecule has 1 unspecified atom stereocenters. The molecule has 0 aromatic heterocycles. The number of nitrogens with zero attached hydrogens (tertiary/aromatic N) is 1. The van der Waals surface area contributed by atoms with E-state index in [1.807, 2.05) is 26.0 Å². The van der Waals surface area contributed by atoms with Gasteiger partial charge < -0.3 is 19.7 Å². The number of ether oxygens (including phenoxy) is 2. The first kappa shape index (κ1) is 11.2. The fraction of sp³-hybridized carbons (Fsp3) is 0.462. The summed E-state index contributed by atoms with van der Waals surface area (Å²) in [6.45, 7) is 5.71. The molecule has 2 aliphatic heterocycles. The molecule has 1 fully saturated rings. The molecule has 0 saturated carbocycles. The number of rotatable bonds is 2. The average molecular weight is 248 g/mol. The molecule has 18 heavy (non-hydrogen) atoms. The van der Waals surface area contributed by atoms with E-state index in [0.29, 0.717) is 6.54 Å². The summed E-state index contributed by atoms with van der Waals surface area (Å²) in [5.74, 6) is 1.55. The van der Waals surface area contributed by atoms with Crippen molar-refractivity contribution in [2.45, 2.75) is 19.9 Å². The molecule has 1 aromatic rings. The molecule has 1 saturated heterocycles. The number of aryl methyl sites for hydroxylation is 1. The van der Waals surface area contributed by atoms with Crippen LogP contribution < -0.4 is 14.8 Å². The van der Waals surface area contributed by atoms with E-state index in [9.17, 15) is 4.79 Å². The van der Waals surface area contributed by atoms with Crippen LogP contribution in [0, 0.1) is 6.92 Å². The third-order valence-electron chi connectivity index (χ3n) is 3.51. The molecule has 0 spiro atoms. The summed E-state index contributed by atoms with van der Waals surface area (Å²) in [5, 5.41) is 2.99. The van der Waals surface area contributed by atoms with Gasteiger partial charge in [0.25, 0.3) is 0 Å². The van der Waals surface area contributed by atoms with Gasteiger partial charge in [-0.25, -0.2) is 4.79 Å². The Kier molecular flexibility index (Phi) is 2.54. The Balaban J connectivity index is 1.91. The predicted octanol–water partition coefficient (Wildman–Crippen LogP) is 1.81. The number of likely N-dealkylation sites (N-methyl/N-ethyl adjacent to an activating group) is 1. The molecule has 0 radical (unpaired) electrons. The van der Waals surface area contributed by atoms with E-state index >= 15 is 0 Å². The third kappa shape index (κ3) is 1.66. The van der Waals surface area contributed by atoms with Crippen LogP contribution in [0.2, 0.25) is 0 Å². The van der Waals surface area contributed by atoms with Crippen LogP contribution in [0.5, 0.6) is 11.5 Å². The van der Waals surface area contributed by atoms with Gasteiger partial charge in [-0.1, -0.05) is 0 Å². The van der Waals surface area contributed by atoms with Gasteiger partial charge in [-0.05, 0) is 37.1 Å². The van der Waals surface area contributed by atoms with Gasteiger partial charge in [0.05, 0.1) is 6.04 Å². The summed E-state index contributed by atoms with van der Waals surface area (Å²) >= 11 is 0. The largest absolute Gasteiger partial charge is 0.454 e. The summed E-state index contributed by atoms with van der Waals surface area (Å²) < 4.78 is 10.7. The zero-order valence-electron chi connectivity index (χ0n) is 10.5. The highest BCUT2D eigenvalue weighted by molar-refractivity contribution is 5.77. The summed E-state index contributed by atoms with van der Waals surface area (Å²) in [6.07, 6.45) is 0. The molecule has 0 aliphatic carbocycles. The molecular formula is C13H16N2O3. The molecule has 2 aliphatic rings. The molecule has 1 N–H and O–H groups in total. The highest BCUT2D eigenvalue weighted by atomic mass is 16.7. The van der Waals surface area contributed by atoms with Crippen molar-refractivity contribution in [3.63, 3.8) is 0 Å². The summed E-state index contributed by atoms with van der Waals surface area (Å²) in [7, 11) is 0. The third-order valence-corrected chi connectivity index (χ3v) is 3.51. The van der Waals surface area contributed by atoms with Crippen molar-refractivity contribution in [1.29, 1.82) is 0 Å². The quantitative estimate of drug-likeness (QED) is 0.868. The minimum Gasteiger partial charge on any atom is -0.454 e. The molecule has 5 heteroatoms. The van der Waals surface area contributed by atoms with Crippen LogP contribution >= 0.6 is 0 Å². The number of carbonyl (C=O) groups is 1. The number of hydrogen-bond donors (Lipinski definition) is 1. The van der Waals surface area contributed by atoms with E-state index in [0.717, 1.165) is 29.2 Å². The minimum atomic E-state index is -0.000401. The van der Waals surface area contributed by atoms with Crippen molar-refractivity contribution in [3.05, 3.63) is 23.3 Å². The first-order valence-electron chi connectivity index (χ1n) is 6.14. The number of urea groups is 1. The second kappa shape index (κ2) is 4.08. The number of fused-ring (bicyclic) bond motifs is 1. The maximum atomic E-state index is 11.7. The van der Waals surface area contributed by atoms with Crippen LogP contribution in [0.3, 0.4) is 0 Å². The Morgan fingerprint density at radius 1 is 1.39 bits per heavy atom. The highest BCUT2D eigenvalue weighted by Gasteiger charge is 2.30. The van der Waals surface area contributed by atoms with Gasteiger partial charge in [-0.3, -0.25) is 0 Å². The molecule has 2 heterocycles. The van der Waals surface area contributed by atoms with Crippen molar-refractivity contribution < 1.29 is 14.3 Å². The van der Waals surface area contributed by atoms with E-state index in [-0.39, 0.29) is 18.9 Å². The Labute approximate surface area is 106 Å². The van der Waals surface area contributed by atoms with Gasteiger partial charge >= 0.3 is 6.03 Å². The van der Waals surface area contributed by atoms with Crippen LogP contribution in [0.25, 0.3) is 0 Å². The van der Waals surface area contributed by atoms with Crippen molar-refractivity contribution in [3.8, 4) is 11.5 Å². The van der Waals surface area contributed by atoms with Gasteiger partial charge in [-0.2, -0.15) is 0 Å². The number of carbonyl (C=O) groups excluding carboxylic acids is 1. The first-order valence-corrected chi connectivity index (χ1v) is 6.14. The first-order chi connectivity index (χ1) is 8.69. The molecule has 2 amide bonds. The second-order valence-electron chi connectivity index (χ2n) is 4.60. The average Bonchev–Trinajstić information content (AvgIpc) is 2.93. The summed E-state index contributed by atoms with van der Waals surface area (Å²) in [4.78, 5) is 13.5. The lowest BCUT2D eigenvalue weighted by molar-refractivity contribution is 0.174. The Bertz CT molecular complexity index is 501.